The van der Waals surface area contributed by atoms with Crippen LogP contribution in [0.15, 0.2) is 42.5 Å². The van der Waals surface area contributed by atoms with Gasteiger partial charge < -0.3 is 15.8 Å². The van der Waals surface area contributed by atoms with Gasteiger partial charge >= 0.3 is 6.09 Å². The van der Waals surface area contributed by atoms with Crippen molar-refractivity contribution in [2.24, 2.45) is 0 Å². The Morgan fingerprint density at radius 3 is 2.36 bits per heavy atom. The number of nitrogens with two attached hydrogens (primary N) is 1. The van der Waals surface area contributed by atoms with Gasteiger partial charge in [-0.05, 0) is 56.5 Å². The number of rotatable bonds is 2. The van der Waals surface area contributed by atoms with Crippen molar-refractivity contribution in [3.8, 4) is 16.9 Å². The lowest BCUT2D eigenvalue weighted by Gasteiger charge is -2.20. The van der Waals surface area contributed by atoms with E-state index in [0.717, 1.165) is 16.7 Å². The first-order valence-electron chi connectivity index (χ1n) is 7.22. The van der Waals surface area contributed by atoms with Gasteiger partial charge in [0.1, 0.15) is 0 Å². The Balaban J connectivity index is 2.26. The Hall–Kier alpha value is -2.49. The summed E-state index contributed by atoms with van der Waals surface area (Å²) in [5.41, 5.74) is 9.23. The van der Waals surface area contributed by atoms with Gasteiger partial charge in [0.25, 0.3) is 0 Å². The number of hydrogen-bond acceptors (Lipinski definition) is 3. The van der Waals surface area contributed by atoms with Crippen molar-refractivity contribution in [2.75, 3.05) is 5.73 Å². The minimum Gasteiger partial charge on any atom is -0.408 e. The van der Waals surface area contributed by atoms with Crippen molar-refractivity contribution >= 4 is 11.8 Å². The van der Waals surface area contributed by atoms with E-state index in [9.17, 15) is 4.79 Å². The van der Waals surface area contributed by atoms with Gasteiger partial charge in [0.15, 0.2) is 5.75 Å². The van der Waals surface area contributed by atoms with Crippen molar-refractivity contribution in [3.05, 3.63) is 48.0 Å². The summed E-state index contributed by atoms with van der Waals surface area (Å²) in [5, 5.41) is 2.74. The first-order chi connectivity index (χ1) is 10.3. The van der Waals surface area contributed by atoms with Gasteiger partial charge in [0.2, 0.25) is 0 Å². The summed E-state index contributed by atoms with van der Waals surface area (Å²) in [4.78, 5) is 11.9. The summed E-state index contributed by atoms with van der Waals surface area (Å²) >= 11 is 0. The second-order valence-electron chi connectivity index (χ2n) is 6.34. The molecule has 0 unspecified atom stereocenters. The Bertz CT molecular complexity index is 673. The van der Waals surface area contributed by atoms with Crippen LogP contribution in [-0.2, 0) is 0 Å². The maximum Gasteiger partial charge on any atom is 0.413 e. The molecule has 3 N–H and O–H groups in total. The molecular formula is C18H22N2O2. The molecule has 0 bridgehead atoms. The van der Waals surface area contributed by atoms with Gasteiger partial charge in [0, 0.05) is 5.54 Å². The first kappa shape index (κ1) is 15.9. The fourth-order valence-electron chi connectivity index (χ4n) is 2.15. The summed E-state index contributed by atoms with van der Waals surface area (Å²) in [7, 11) is 0. The Morgan fingerprint density at radius 1 is 1.14 bits per heavy atom. The zero-order valence-corrected chi connectivity index (χ0v) is 13.4. The molecule has 0 aromatic heterocycles. The Labute approximate surface area is 131 Å². The molecule has 0 aliphatic rings. The highest BCUT2D eigenvalue weighted by Crippen LogP contribution is 2.32. The van der Waals surface area contributed by atoms with Crippen LogP contribution in [0.5, 0.6) is 5.75 Å². The molecule has 2 aromatic rings. The largest absolute Gasteiger partial charge is 0.413 e. The quantitative estimate of drug-likeness (QED) is 0.819. The molecule has 0 aliphatic heterocycles. The smallest absolute Gasteiger partial charge is 0.408 e. The van der Waals surface area contributed by atoms with Crippen molar-refractivity contribution in [1.29, 1.82) is 0 Å². The van der Waals surface area contributed by atoms with Gasteiger partial charge in [-0.15, -0.1) is 0 Å². The molecule has 22 heavy (non-hydrogen) atoms. The summed E-state index contributed by atoms with van der Waals surface area (Å²) in [6.45, 7) is 7.64. The van der Waals surface area contributed by atoms with Crippen molar-refractivity contribution in [1.82, 2.24) is 5.32 Å². The standard InChI is InChI=1S/C18H22N2O2/c1-12-10-16(22-17(21)20-18(2,3)4)15(19)11-14(12)13-8-6-5-7-9-13/h5-11H,19H2,1-4H3,(H,20,21). The molecule has 2 aromatic carbocycles. The molecule has 0 atom stereocenters. The molecule has 0 saturated heterocycles. The number of hydrogen-bond donors (Lipinski definition) is 2. The van der Waals surface area contributed by atoms with E-state index in [4.69, 9.17) is 10.5 Å². The SMILES string of the molecule is Cc1cc(OC(=O)NC(C)(C)C)c(N)cc1-c1ccccc1. The number of nitrogens with one attached hydrogen (secondary N) is 1. The van der Waals surface area contributed by atoms with Crippen LogP contribution in [0.3, 0.4) is 0 Å². The van der Waals surface area contributed by atoms with Crippen LogP contribution in [0, 0.1) is 6.92 Å². The van der Waals surface area contributed by atoms with Crippen molar-refractivity contribution in [2.45, 2.75) is 33.2 Å². The van der Waals surface area contributed by atoms with E-state index in [1.165, 1.54) is 0 Å². The highest BCUT2D eigenvalue weighted by Gasteiger charge is 2.17. The lowest BCUT2D eigenvalue weighted by atomic mass is 9.99. The lowest BCUT2D eigenvalue weighted by molar-refractivity contribution is 0.191. The number of carbonyl (C=O) groups is 1. The molecule has 1 amide bonds. The van der Waals surface area contributed by atoms with Gasteiger partial charge in [0.05, 0.1) is 5.69 Å². The van der Waals surface area contributed by atoms with Crippen LogP contribution in [0.4, 0.5) is 10.5 Å². The van der Waals surface area contributed by atoms with E-state index in [1.807, 2.05) is 64.1 Å². The molecule has 0 heterocycles. The first-order valence-corrected chi connectivity index (χ1v) is 7.22. The molecule has 2 rings (SSSR count). The van der Waals surface area contributed by atoms with Crippen LogP contribution in [0.25, 0.3) is 11.1 Å². The van der Waals surface area contributed by atoms with Gasteiger partial charge in [-0.3, -0.25) is 0 Å². The lowest BCUT2D eigenvalue weighted by Crippen LogP contribution is -2.42. The fraction of sp³-hybridized carbons (Fsp3) is 0.278. The molecule has 0 radical (unpaired) electrons. The summed E-state index contributed by atoms with van der Waals surface area (Å²) in [6.07, 6.45) is -0.508. The molecule has 0 aliphatic carbocycles. The molecular weight excluding hydrogens is 276 g/mol. The summed E-state index contributed by atoms with van der Waals surface area (Å²) in [5.74, 6) is 0.374. The van der Waals surface area contributed by atoms with E-state index < -0.39 is 6.09 Å². The number of amides is 1. The maximum atomic E-state index is 11.9. The van der Waals surface area contributed by atoms with E-state index in [-0.39, 0.29) is 5.54 Å². The van der Waals surface area contributed by atoms with Crippen LogP contribution >= 0.6 is 0 Å². The number of aryl methyl sites for hydroxylation is 1. The molecule has 116 valence electrons. The molecule has 0 fully saturated rings. The van der Waals surface area contributed by atoms with E-state index in [2.05, 4.69) is 5.32 Å². The molecule has 4 heteroatoms. The third-order valence-electron chi connectivity index (χ3n) is 3.12. The molecule has 4 nitrogen and oxygen atoms in total. The Kier molecular flexibility index (Phi) is 4.40. The van der Waals surface area contributed by atoms with Crippen LogP contribution < -0.4 is 15.8 Å². The minimum atomic E-state index is -0.508. The van der Waals surface area contributed by atoms with E-state index in [0.29, 0.717) is 11.4 Å². The third-order valence-corrected chi connectivity index (χ3v) is 3.12. The molecule has 0 saturated carbocycles. The van der Waals surface area contributed by atoms with Gasteiger partial charge in [-0.1, -0.05) is 30.3 Å². The average molecular weight is 298 g/mol. The average Bonchev–Trinajstić information content (AvgIpc) is 2.41. The minimum absolute atomic E-state index is 0.356. The highest BCUT2D eigenvalue weighted by molar-refractivity contribution is 5.78. The van der Waals surface area contributed by atoms with Crippen molar-refractivity contribution in [3.63, 3.8) is 0 Å². The van der Waals surface area contributed by atoms with Gasteiger partial charge in [-0.2, -0.15) is 0 Å². The van der Waals surface area contributed by atoms with E-state index in [1.54, 1.807) is 6.07 Å². The number of carbonyl (C=O) groups excluding carboxylic acids is 1. The normalized spacial score (nSPS) is 11.1. The Morgan fingerprint density at radius 2 is 1.77 bits per heavy atom. The zero-order valence-electron chi connectivity index (χ0n) is 13.4. The number of benzene rings is 2. The zero-order chi connectivity index (χ0) is 16.3. The monoisotopic (exact) mass is 298 g/mol. The number of ether oxygens (including phenoxy) is 1. The predicted octanol–water partition coefficient (Wildman–Crippen LogP) is 4.13. The van der Waals surface area contributed by atoms with Gasteiger partial charge in [-0.25, -0.2) is 4.79 Å². The van der Waals surface area contributed by atoms with Crippen LogP contribution in [0.1, 0.15) is 26.3 Å². The predicted molar refractivity (Wildman–Crippen MR) is 89.9 cm³/mol. The fourth-order valence-corrected chi connectivity index (χ4v) is 2.15. The highest BCUT2D eigenvalue weighted by atomic mass is 16.6. The maximum absolute atomic E-state index is 11.9. The summed E-state index contributed by atoms with van der Waals surface area (Å²) in [6, 6.07) is 13.6. The molecule has 0 spiro atoms. The van der Waals surface area contributed by atoms with Crippen molar-refractivity contribution < 1.29 is 9.53 Å². The van der Waals surface area contributed by atoms with E-state index >= 15 is 0 Å². The number of anilines is 1. The van der Waals surface area contributed by atoms with Crippen LogP contribution in [0.2, 0.25) is 0 Å². The second-order valence-corrected chi connectivity index (χ2v) is 6.34. The van der Waals surface area contributed by atoms with Crippen LogP contribution in [-0.4, -0.2) is 11.6 Å². The second kappa shape index (κ2) is 6.10. The topological polar surface area (TPSA) is 64.3 Å². The number of nitrogen functional groups attached to an aromatic ring is 1. The summed E-state index contributed by atoms with van der Waals surface area (Å²) < 4.78 is 5.32. The third kappa shape index (κ3) is 4.01.